The Morgan fingerprint density at radius 3 is 2.83 bits per heavy atom. The molecule has 7 heteroatoms. The van der Waals surface area contributed by atoms with E-state index in [4.69, 9.17) is 0 Å². The summed E-state index contributed by atoms with van der Waals surface area (Å²) in [6, 6.07) is 3.95. The van der Waals surface area contributed by atoms with Gasteiger partial charge in [-0.1, -0.05) is 0 Å². The fraction of sp³-hybridized carbons (Fsp3) is 0.471. The molecule has 2 aromatic heterocycles. The van der Waals surface area contributed by atoms with Crippen LogP contribution in [-0.4, -0.2) is 58.8 Å². The number of amides is 2. The molecule has 128 valence electrons. The maximum Gasteiger partial charge on any atom is 0.282 e. The molecule has 0 spiro atoms. The van der Waals surface area contributed by atoms with Gasteiger partial charge in [0.1, 0.15) is 0 Å². The average molecular weight is 346 g/mol. The minimum absolute atomic E-state index is 0.0491. The molecule has 0 radical (unpaired) electrons. The zero-order valence-corrected chi connectivity index (χ0v) is 14.9. The van der Waals surface area contributed by atoms with Crippen molar-refractivity contribution in [2.45, 2.75) is 25.7 Å². The van der Waals surface area contributed by atoms with Crippen LogP contribution in [0, 0.1) is 0 Å². The quantitative estimate of drug-likeness (QED) is 0.917. The summed E-state index contributed by atoms with van der Waals surface area (Å²) in [6.07, 6.45) is 4.64. The Hall–Kier alpha value is -2.15. The van der Waals surface area contributed by atoms with Gasteiger partial charge in [-0.15, -0.1) is 11.3 Å². The van der Waals surface area contributed by atoms with E-state index in [1.807, 2.05) is 23.2 Å². The SMILES string of the molecule is CN(C)C(=O)c1nc2c(s1)CCN(C(=O)CCc1ccc[nH]1)CC2. The number of aromatic nitrogens is 2. The van der Waals surface area contributed by atoms with Crippen LogP contribution in [0.4, 0.5) is 0 Å². The predicted molar refractivity (Wildman–Crippen MR) is 93.2 cm³/mol. The molecular formula is C17H22N4O2S. The predicted octanol–water partition coefficient (Wildman–Crippen LogP) is 1.73. The van der Waals surface area contributed by atoms with Gasteiger partial charge in [-0.25, -0.2) is 4.98 Å². The van der Waals surface area contributed by atoms with Crippen molar-refractivity contribution in [1.82, 2.24) is 19.8 Å². The molecule has 0 saturated heterocycles. The number of aromatic amines is 1. The van der Waals surface area contributed by atoms with E-state index in [9.17, 15) is 9.59 Å². The van der Waals surface area contributed by atoms with Crippen molar-refractivity contribution in [3.8, 4) is 0 Å². The molecule has 0 atom stereocenters. The van der Waals surface area contributed by atoms with Crippen LogP contribution in [0.5, 0.6) is 0 Å². The lowest BCUT2D eigenvalue weighted by molar-refractivity contribution is -0.131. The van der Waals surface area contributed by atoms with E-state index in [0.29, 0.717) is 24.5 Å². The Balaban J connectivity index is 1.58. The van der Waals surface area contributed by atoms with Crippen LogP contribution >= 0.6 is 11.3 Å². The number of carbonyl (C=O) groups excluding carboxylic acids is 2. The fourth-order valence-corrected chi connectivity index (χ4v) is 3.94. The van der Waals surface area contributed by atoms with E-state index in [0.717, 1.165) is 35.5 Å². The van der Waals surface area contributed by atoms with Crippen molar-refractivity contribution in [2.24, 2.45) is 0 Å². The first-order valence-electron chi connectivity index (χ1n) is 8.15. The second-order valence-electron chi connectivity index (χ2n) is 6.16. The summed E-state index contributed by atoms with van der Waals surface area (Å²) in [6.45, 7) is 1.38. The van der Waals surface area contributed by atoms with Crippen LogP contribution < -0.4 is 0 Å². The highest BCUT2D eigenvalue weighted by atomic mass is 32.1. The molecule has 6 nitrogen and oxygen atoms in total. The minimum atomic E-state index is -0.0491. The molecule has 2 aromatic rings. The first-order chi connectivity index (χ1) is 11.5. The van der Waals surface area contributed by atoms with Crippen LogP contribution in [-0.2, 0) is 24.1 Å². The van der Waals surface area contributed by atoms with E-state index in [-0.39, 0.29) is 11.8 Å². The maximum absolute atomic E-state index is 12.4. The number of rotatable bonds is 4. The van der Waals surface area contributed by atoms with E-state index < -0.39 is 0 Å². The van der Waals surface area contributed by atoms with Gasteiger partial charge in [-0.05, 0) is 18.6 Å². The lowest BCUT2D eigenvalue weighted by Gasteiger charge is -2.20. The molecule has 0 unspecified atom stereocenters. The van der Waals surface area contributed by atoms with E-state index in [2.05, 4.69) is 9.97 Å². The highest BCUT2D eigenvalue weighted by molar-refractivity contribution is 7.13. The third kappa shape index (κ3) is 3.67. The number of thiazole rings is 1. The largest absolute Gasteiger partial charge is 0.365 e. The van der Waals surface area contributed by atoms with Crippen molar-refractivity contribution in [1.29, 1.82) is 0 Å². The third-order valence-corrected chi connectivity index (χ3v) is 5.36. The van der Waals surface area contributed by atoms with Gasteiger partial charge < -0.3 is 14.8 Å². The number of hydrogen-bond acceptors (Lipinski definition) is 4. The zero-order valence-electron chi connectivity index (χ0n) is 14.0. The van der Waals surface area contributed by atoms with E-state index >= 15 is 0 Å². The lowest BCUT2D eigenvalue weighted by atomic mass is 10.2. The lowest BCUT2D eigenvalue weighted by Crippen LogP contribution is -2.33. The smallest absolute Gasteiger partial charge is 0.282 e. The standard InChI is InChI=1S/C17H22N4O2S/c1-20(2)17(23)16-19-13-7-10-21(11-8-14(13)24-16)15(22)6-5-12-4-3-9-18-12/h3-4,9,18H,5-8,10-11H2,1-2H3. The number of hydrogen-bond donors (Lipinski definition) is 1. The molecule has 0 aromatic carbocycles. The second-order valence-corrected chi connectivity index (χ2v) is 7.25. The summed E-state index contributed by atoms with van der Waals surface area (Å²) in [5.74, 6) is 0.135. The maximum atomic E-state index is 12.4. The van der Waals surface area contributed by atoms with Crippen LogP contribution in [0.2, 0.25) is 0 Å². The summed E-state index contributed by atoms with van der Waals surface area (Å²) in [5, 5.41) is 0.552. The Kier molecular flexibility index (Phi) is 4.99. The molecule has 2 amide bonds. The Bertz CT molecular complexity index is 696. The minimum Gasteiger partial charge on any atom is -0.365 e. The summed E-state index contributed by atoms with van der Waals surface area (Å²) in [7, 11) is 3.47. The van der Waals surface area contributed by atoms with Gasteiger partial charge in [-0.3, -0.25) is 9.59 Å². The number of fused-ring (bicyclic) bond motifs is 1. The zero-order chi connectivity index (χ0) is 17.1. The Labute approximate surface area is 145 Å². The molecule has 1 N–H and O–H groups in total. The van der Waals surface area contributed by atoms with Crippen molar-refractivity contribution in [2.75, 3.05) is 27.2 Å². The highest BCUT2D eigenvalue weighted by Gasteiger charge is 2.23. The number of nitrogens with zero attached hydrogens (tertiary/aromatic N) is 3. The molecule has 3 rings (SSSR count). The average Bonchev–Trinajstić information content (AvgIpc) is 3.18. The molecule has 0 bridgehead atoms. The van der Waals surface area contributed by atoms with Crippen LogP contribution in [0.15, 0.2) is 18.3 Å². The Morgan fingerprint density at radius 2 is 2.12 bits per heavy atom. The summed E-state index contributed by atoms with van der Waals surface area (Å²) >= 11 is 1.46. The van der Waals surface area contributed by atoms with Gasteiger partial charge in [0.2, 0.25) is 5.91 Å². The molecule has 3 heterocycles. The van der Waals surface area contributed by atoms with Gasteiger partial charge in [0.05, 0.1) is 5.69 Å². The van der Waals surface area contributed by atoms with Crippen molar-refractivity contribution in [3.05, 3.63) is 39.6 Å². The molecule has 0 saturated carbocycles. The van der Waals surface area contributed by atoms with Crippen LogP contribution in [0.3, 0.4) is 0 Å². The third-order valence-electron chi connectivity index (χ3n) is 4.22. The number of H-pyrrole nitrogens is 1. The van der Waals surface area contributed by atoms with E-state index in [1.165, 1.54) is 11.3 Å². The van der Waals surface area contributed by atoms with Crippen molar-refractivity contribution in [3.63, 3.8) is 0 Å². The first kappa shape index (κ1) is 16.7. The van der Waals surface area contributed by atoms with Crippen LogP contribution in [0.1, 0.15) is 32.5 Å². The first-order valence-corrected chi connectivity index (χ1v) is 8.96. The molecule has 24 heavy (non-hydrogen) atoms. The molecule has 0 fully saturated rings. The topological polar surface area (TPSA) is 69.3 Å². The molecule has 1 aliphatic rings. The fourth-order valence-electron chi connectivity index (χ4n) is 2.82. The van der Waals surface area contributed by atoms with Crippen molar-refractivity contribution >= 4 is 23.2 Å². The van der Waals surface area contributed by atoms with Gasteiger partial charge >= 0.3 is 0 Å². The number of nitrogens with one attached hydrogen (secondary N) is 1. The van der Waals surface area contributed by atoms with Crippen LogP contribution in [0.25, 0.3) is 0 Å². The number of carbonyl (C=O) groups is 2. The van der Waals surface area contributed by atoms with E-state index in [1.54, 1.807) is 19.0 Å². The Morgan fingerprint density at radius 1 is 1.33 bits per heavy atom. The van der Waals surface area contributed by atoms with Gasteiger partial charge in [0.25, 0.3) is 5.91 Å². The molecular weight excluding hydrogens is 324 g/mol. The second kappa shape index (κ2) is 7.17. The summed E-state index contributed by atoms with van der Waals surface area (Å²) < 4.78 is 0. The molecule has 0 aliphatic carbocycles. The van der Waals surface area contributed by atoms with Gasteiger partial charge in [0.15, 0.2) is 5.01 Å². The van der Waals surface area contributed by atoms with Gasteiger partial charge in [0, 0.05) is 63.2 Å². The van der Waals surface area contributed by atoms with Crippen molar-refractivity contribution < 1.29 is 9.59 Å². The molecule has 1 aliphatic heterocycles. The normalized spacial score (nSPS) is 14.2. The highest BCUT2D eigenvalue weighted by Crippen LogP contribution is 2.24. The summed E-state index contributed by atoms with van der Waals surface area (Å²) in [4.78, 5) is 36.7. The monoisotopic (exact) mass is 346 g/mol. The van der Waals surface area contributed by atoms with Gasteiger partial charge in [-0.2, -0.15) is 0 Å². The summed E-state index contributed by atoms with van der Waals surface area (Å²) in [5.41, 5.74) is 2.07. The number of aryl methyl sites for hydroxylation is 1.